The van der Waals surface area contributed by atoms with Gasteiger partial charge in [-0.05, 0) is 31.2 Å². The van der Waals surface area contributed by atoms with Crippen LogP contribution >= 0.6 is 11.6 Å². The van der Waals surface area contributed by atoms with Gasteiger partial charge < -0.3 is 9.47 Å². The monoisotopic (exact) mass is 250 g/mol. The SMILES string of the molecule is CCN(C)C(=O)Cn1ccc2cc(Cl)ccc21. The number of likely N-dealkylation sites (N-methyl/N-ethyl adjacent to an activating group) is 1. The van der Waals surface area contributed by atoms with Gasteiger partial charge in [0.15, 0.2) is 0 Å². The molecule has 17 heavy (non-hydrogen) atoms. The summed E-state index contributed by atoms with van der Waals surface area (Å²) in [6.07, 6.45) is 1.92. The molecule has 0 saturated heterocycles. The molecule has 2 aromatic rings. The van der Waals surface area contributed by atoms with E-state index < -0.39 is 0 Å². The Morgan fingerprint density at radius 2 is 2.18 bits per heavy atom. The summed E-state index contributed by atoms with van der Waals surface area (Å²) in [6.45, 7) is 3.06. The second-order valence-electron chi connectivity index (χ2n) is 4.05. The molecule has 0 saturated carbocycles. The Bertz CT molecular complexity index is 547. The molecular formula is C13H15ClN2O. The van der Waals surface area contributed by atoms with Crippen molar-refractivity contribution in [3.8, 4) is 0 Å². The Morgan fingerprint density at radius 3 is 2.88 bits per heavy atom. The number of nitrogens with zero attached hydrogens (tertiary/aromatic N) is 2. The smallest absolute Gasteiger partial charge is 0.242 e. The first kappa shape index (κ1) is 12.0. The van der Waals surface area contributed by atoms with Crippen LogP contribution < -0.4 is 0 Å². The summed E-state index contributed by atoms with van der Waals surface area (Å²) in [5.41, 5.74) is 1.03. The van der Waals surface area contributed by atoms with E-state index in [1.807, 2.05) is 49.0 Å². The van der Waals surface area contributed by atoms with Gasteiger partial charge in [-0.25, -0.2) is 0 Å². The maximum absolute atomic E-state index is 11.8. The Hall–Kier alpha value is -1.48. The van der Waals surface area contributed by atoms with E-state index >= 15 is 0 Å². The molecule has 3 nitrogen and oxygen atoms in total. The molecule has 0 aliphatic heterocycles. The predicted molar refractivity (Wildman–Crippen MR) is 70.3 cm³/mol. The summed E-state index contributed by atoms with van der Waals surface area (Å²) in [5, 5.41) is 1.77. The maximum atomic E-state index is 11.8. The van der Waals surface area contributed by atoms with Crippen molar-refractivity contribution in [3.05, 3.63) is 35.5 Å². The first-order valence-corrected chi connectivity index (χ1v) is 5.98. The van der Waals surface area contributed by atoms with Gasteiger partial charge >= 0.3 is 0 Å². The fourth-order valence-corrected chi connectivity index (χ4v) is 1.93. The van der Waals surface area contributed by atoms with Gasteiger partial charge in [-0.1, -0.05) is 11.6 Å². The van der Waals surface area contributed by atoms with E-state index in [0.29, 0.717) is 11.6 Å². The largest absolute Gasteiger partial charge is 0.344 e. The van der Waals surface area contributed by atoms with E-state index in [4.69, 9.17) is 11.6 Å². The fraction of sp³-hybridized carbons (Fsp3) is 0.308. The Labute approximate surface area is 106 Å². The van der Waals surface area contributed by atoms with E-state index in [9.17, 15) is 4.79 Å². The van der Waals surface area contributed by atoms with Gasteiger partial charge in [0.2, 0.25) is 5.91 Å². The maximum Gasteiger partial charge on any atom is 0.242 e. The average molecular weight is 251 g/mol. The quantitative estimate of drug-likeness (QED) is 0.822. The predicted octanol–water partition coefficient (Wildman–Crippen LogP) is 2.77. The zero-order chi connectivity index (χ0) is 12.4. The summed E-state index contributed by atoms with van der Waals surface area (Å²) in [7, 11) is 1.81. The minimum absolute atomic E-state index is 0.111. The van der Waals surface area contributed by atoms with E-state index in [0.717, 1.165) is 17.4 Å². The molecule has 90 valence electrons. The van der Waals surface area contributed by atoms with E-state index in [2.05, 4.69) is 0 Å². The number of rotatable bonds is 3. The number of halogens is 1. The molecule has 0 bridgehead atoms. The third-order valence-electron chi connectivity index (χ3n) is 2.94. The van der Waals surface area contributed by atoms with Gasteiger partial charge in [-0.2, -0.15) is 0 Å². The van der Waals surface area contributed by atoms with Crippen molar-refractivity contribution < 1.29 is 4.79 Å². The summed E-state index contributed by atoms with van der Waals surface area (Å²) in [5.74, 6) is 0.111. The van der Waals surface area contributed by atoms with E-state index in [1.54, 1.807) is 4.90 Å². The molecule has 0 N–H and O–H groups in total. The second-order valence-corrected chi connectivity index (χ2v) is 4.49. The molecule has 1 amide bonds. The lowest BCUT2D eigenvalue weighted by atomic mass is 10.2. The number of fused-ring (bicyclic) bond motifs is 1. The lowest BCUT2D eigenvalue weighted by Crippen LogP contribution is -2.29. The Kier molecular flexibility index (Phi) is 3.38. The van der Waals surface area contributed by atoms with Crippen LogP contribution in [0.25, 0.3) is 10.9 Å². The highest BCUT2D eigenvalue weighted by molar-refractivity contribution is 6.31. The lowest BCUT2D eigenvalue weighted by Gasteiger charge is -2.15. The van der Waals surface area contributed by atoms with Crippen molar-refractivity contribution in [2.24, 2.45) is 0 Å². The van der Waals surface area contributed by atoms with E-state index in [1.165, 1.54) is 0 Å². The number of hydrogen-bond donors (Lipinski definition) is 0. The molecule has 0 fully saturated rings. The molecule has 1 heterocycles. The minimum atomic E-state index is 0.111. The number of carbonyl (C=O) groups is 1. The first-order chi connectivity index (χ1) is 8.11. The number of amides is 1. The van der Waals surface area contributed by atoms with Gasteiger partial charge in [-0.15, -0.1) is 0 Å². The van der Waals surface area contributed by atoms with Gasteiger partial charge in [-0.3, -0.25) is 4.79 Å². The van der Waals surface area contributed by atoms with Gasteiger partial charge in [0.1, 0.15) is 6.54 Å². The van der Waals surface area contributed by atoms with Crippen molar-refractivity contribution >= 4 is 28.4 Å². The standard InChI is InChI=1S/C13H15ClN2O/c1-3-15(2)13(17)9-16-7-6-10-8-11(14)4-5-12(10)16/h4-8H,3,9H2,1-2H3. The number of aromatic nitrogens is 1. The normalized spacial score (nSPS) is 10.8. The Morgan fingerprint density at radius 1 is 1.41 bits per heavy atom. The minimum Gasteiger partial charge on any atom is -0.344 e. The average Bonchev–Trinajstić information content (AvgIpc) is 2.70. The van der Waals surface area contributed by atoms with Crippen LogP contribution in [0.4, 0.5) is 0 Å². The molecule has 0 radical (unpaired) electrons. The zero-order valence-corrected chi connectivity index (χ0v) is 10.7. The van der Waals surface area contributed by atoms with Gasteiger partial charge in [0.25, 0.3) is 0 Å². The molecule has 4 heteroatoms. The zero-order valence-electron chi connectivity index (χ0n) is 9.98. The van der Waals surface area contributed by atoms with E-state index in [-0.39, 0.29) is 5.91 Å². The highest BCUT2D eigenvalue weighted by Crippen LogP contribution is 2.20. The molecule has 0 unspecified atom stereocenters. The van der Waals surface area contributed by atoms with Crippen molar-refractivity contribution in [1.82, 2.24) is 9.47 Å². The van der Waals surface area contributed by atoms with Crippen LogP contribution in [0.15, 0.2) is 30.5 Å². The molecular weight excluding hydrogens is 236 g/mol. The molecule has 0 aliphatic rings. The molecule has 0 atom stereocenters. The Balaban J connectivity index is 2.28. The van der Waals surface area contributed by atoms with Crippen LogP contribution in [0.1, 0.15) is 6.92 Å². The van der Waals surface area contributed by atoms with Crippen LogP contribution in [0.2, 0.25) is 5.02 Å². The fourth-order valence-electron chi connectivity index (χ4n) is 1.75. The summed E-state index contributed by atoms with van der Waals surface area (Å²) < 4.78 is 1.94. The third kappa shape index (κ3) is 2.44. The summed E-state index contributed by atoms with van der Waals surface area (Å²) in [4.78, 5) is 13.5. The molecule has 1 aromatic carbocycles. The highest BCUT2D eigenvalue weighted by Gasteiger charge is 2.09. The number of hydrogen-bond acceptors (Lipinski definition) is 1. The summed E-state index contributed by atoms with van der Waals surface area (Å²) in [6, 6.07) is 7.66. The van der Waals surface area contributed by atoms with Crippen LogP contribution in [-0.4, -0.2) is 29.0 Å². The first-order valence-electron chi connectivity index (χ1n) is 5.60. The van der Waals surface area contributed by atoms with Crippen molar-refractivity contribution in [2.75, 3.05) is 13.6 Å². The lowest BCUT2D eigenvalue weighted by molar-refractivity contribution is -0.130. The molecule has 2 rings (SSSR count). The van der Waals surface area contributed by atoms with Crippen LogP contribution in [0.5, 0.6) is 0 Å². The molecule has 1 aromatic heterocycles. The molecule has 0 spiro atoms. The molecule has 0 aliphatic carbocycles. The number of carbonyl (C=O) groups excluding carboxylic acids is 1. The van der Waals surface area contributed by atoms with Crippen LogP contribution in [-0.2, 0) is 11.3 Å². The third-order valence-corrected chi connectivity index (χ3v) is 3.17. The summed E-state index contributed by atoms with van der Waals surface area (Å²) >= 11 is 5.92. The highest BCUT2D eigenvalue weighted by atomic mass is 35.5. The van der Waals surface area contributed by atoms with Crippen molar-refractivity contribution in [1.29, 1.82) is 0 Å². The van der Waals surface area contributed by atoms with Gasteiger partial charge in [0, 0.05) is 35.7 Å². The van der Waals surface area contributed by atoms with Crippen molar-refractivity contribution in [2.45, 2.75) is 13.5 Å². The number of benzene rings is 1. The van der Waals surface area contributed by atoms with Crippen LogP contribution in [0.3, 0.4) is 0 Å². The van der Waals surface area contributed by atoms with Crippen molar-refractivity contribution in [3.63, 3.8) is 0 Å². The van der Waals surface area contributed by atoms with Gasteiger partial charge in [0.05, 0.1) is 0 Å². The topological polar surface area (TPSA) is 25.2 Å². The second kappa shape index (κ2) is 4.80. The van der Waals surface area contributed by atoms with Crippen LogP contribution in [0, 0.1) is 0 Å².